The molecule has 5 heteroatoms. The van der Waals surface area contributed by atoms with Crippen molar-refractivity contribution in [3.63, 3.8) is 0 Å². The monoisotopic (exact) mass is 338 g/mol. The van der Waals surface area contributed by atoms with Crippen molar-refractivity contribution in [1.82, 2.24) is 9.88 Å². The molecular formula is C20H22N2O3. The van der Waals surface area contributed by atoms with E-state index in [4.69, 9.17) is 9.47 Å². The summed E-state index contributed by atoms with van der Waals surface area (Å²) in [6, 6.07) is 11.2. The van der Waals surface area contributed by atoms with E-state index in [1.54, 1.807) is 19.5 Å². The number of hydrogen-bond donors (Lipinski definition) is 0. The minimum atomic E-state index is 0.0481. The third-order valence-electron chi connectivity index (χ3n) is 5.34. The molecule has 1 amide bonds. The van der Waals surface area contributed by atoms with E-state index in [1.807, 2.05) is 41.3 Å². The van der Waals surface area contributed by atoms with Gasteiger partial charge in [0.1, 0.15) is 17.6 Å². The van der Waals surface area contributed by atoms with E-state index in [0.717, 1.165) is 31.7 Å². The van der Waals surface area contributed by atoms with E-state index in [2.05, 4.69) is 4.98 Å². The summed E-state index contributed by atoms with van der Waals surface area (Å²) >= 11 is 0. The Labute approximate surface area is 147 Å². The first-order valence-electron chi connectivity index (χ1n) is 8.75. The Balaban J connectivity index is 1.46. The number of carbonyl (C=O) groups excluding carboxylic acids is 1. The highest BCUT2D eigenvalue weighted by Crippen LogP contribution is 2.40. The van der Waals surface area contributed by atoms with Gasteiger partial charge in [-0.05, 0) is 43.0 Å². The van der Waals surface area contributed by atoms with E-state index >= 15 is 0 Å². The minimum absolute atomic E-state index is 0.0481. The van der Waals surface area contributed by atoms with Crippen molar-refractivity contribution in [2.24, 2.45) is 11.8 Å². The smallest absolute Gasteiger partial charge is 0.257 e. The Morgan fingerprint density at radius 1 is 1.16 bits per heavy atom. The summed E-state index contributed by atoms with van der Waals surface area (Å²) in [5.41, 5.74) is 0.634. The van der Waals surface area contributed by atoms with Gasteiger partial charge in [0.15, 0.2) is 0 Å². The van der Waals surface area contributed by atoms with Crippen molar-refractivity contribution in [1.29, 1.82) is 0 Å². The van der Waals surface area contributed by atoms with Gasteiger partial charge in [0, 0.05) is 25.2 Å². The summed E-state index contributed by atoms with van der Waals surface area (Å²) in [6.07, 6.45) is 5.80. The Kier molecular flexibility index (Phi) is 4.30. The average molecular weight is 338 g/mol. The second-order valence-corrected chi connectivity index (χ2v) is 6.76. The number of ether oxygens (including phenoxy) is 2. The van der Waals surface area contributed by atoms with Crippen LogP contribution in [0.5, 0.6) is 11.5 Å². The third kappa shape index (κ3) is 3.06. The number of nitrogens with zero attached hydrogens (tertiary/aromatic N) is 2. The second-order valence-electron chi connectivity index (χ2n) is 6.76. The van der Waals surface area contributed by atoms with Crippen LogP contribution in [0.25, 0.3) is 0 Å². The van der Waals surface area contributed by atoms with Crippen molar-refractivity contribution >= 4 is 5.91 Å². The van der Waals surface area contributed by atoms with Crippen LogP contribution in [-0.4, -0.2) is 42.1 Å². The molecule has 3 atom stereocenters. The summed E-state index contributed by atoms with van der Waals surface area (Å²) in [7, 11) is 1.60. The quantitative estimate of drug-likeness (QED) is 0.860. The summed E-state index contributed by atoms with van der Waals surface area (Å²) < 4.78 is 11.5. The van der Waals surface area contributed by atoms with Gasteiger partial charge in [-0.3, -0.25) is 9.78 Å². The van der Waals surface area contributed by atoms with E-state index in [9.17, 15) is 4.79 Å². The highest BCUT2D eigenvalue weighted by Gasteiger charge is 2.45. The van der Waals surface area contributed by atoms with Gasteiger partial charge >= 0.3 is 0 Å². The van der Waals surface area contributed by atoms with Crippen molar-refractivity contribution in [2.75, 3.05) is 20.2 Å². The maximum atomic E-state index is 12.9. The number of pyridine rings is 1. The Morgan fingerprint density at radius 3 is 2.84 bits per heavy atom. The first kappa shape index (κ1) is 15.9. The number of para-hydroxylation sites is 1. The van der Waals surface area contributed by atoms with Gasteiger partial charge in [0.2, 0.25) is 0 Å². The SMILES string of the molecule is COc1ccccc1C(=O)N1C[C@H]2CC[C@H](Oc3cccnc3)[C@H]2C1. The highest BCUT2D eigenvalue weighted by molar-refractivity contribution is 5.97. The molecule has 1 saturated carbocycles. The molecule has 25 heavy (non-hydrogen) atoms. The van der Waals surface area contributed by atoms with E-state index in [-0.39, 0.29) is 12.0 Å². The van der Waals surface area contributed by atoms with Crippen LogP contribution in [0.1, 0.15) is 23.2 Å². The van der Waals surface area contributed by atoms with Crippen LogP contribution in [0.15, 0.2) is 48.8 Å². The molecule has 130 valence electrons. The largest absolute Gasteiger partial charge is 0.496 e. The van der Waals surface area contributed by atoms with Gasteiger partial charge in [0.25, 0.3) is 5.91 Å². The molecule has 0 radical (unpaired) electrons. The lowest BCUT2D eigenvalue weighted by atomic mass is 9.99. The summed E-state index contributed by atoms with van der Waals surface area (Å²) in [5.74, 6) is 2.39. The van der Waals surface area contributed by atoms with Crippen LogP contribution in [0.4, 0.5) is 0 Å². The zero-order valence-corrected chi connectivity index (χ0v) is 14.3. The number of amides is 1. The molecule has 2 heterocycles. The molecule has 0 bridgehead atoms. The summed E-state index contributed by atoms with van der Waals surface area (Å²) in [4.78, 5) is 19.0. The number of fused-ring (bicyclic) bond motifs is 1. The van der Waals surface area contributed by atoms with E-state index in [0.29, 0.717) is 23.1 Å². The lowest BCUT2D eigenvalue weighted by molar-refractivity contribution is 0.0759. The second kappa shape index (κ2) is 6.75. The molecule has 0 unspecified atom stereocenters. The topological polar surface area (TPSA) is 51.7 Å². The predicted molar refractivity (Wildman–Crippen MR) is 93.8 cm³/mol. The lowest BCUT2D eigenvalue weighted by Gasteiger charge is -2.22. The number of methoxy groups -OCH3 is 1. The fourth-order valence-corrected chi connectivity index (χ4v) is 4.11. The van der Waals surface area contributed by atoms with Gasteiger partial charge in [-0.1, -0.05) is 12.1 Å². The molecule has 0 spiro atoms. The van der Waals surface area contributed by atoms with Crippen LogP contribution >= 0.6 is 0 Å². The molecule has 2 aromatic rings. The number of aromatic nitrogens is 1. The molecule has 2 fully saturated rings. The first-order chi connectivity index (χ1) is 12.3. The van der Waals surface area contributed by atoms with Crippen LogP contribution in [0.3, 0.4) is 0 Å². The lowest BCUT2D eigenvalue weighted by Crippen LogP contribution is -2.32. The van der Waals surface area contributed by atoms with Crippen molar-refractivity contribution in [2.45, 2.75) is 18.9 Å². The van der Waals surface area contributed by atoms with E-state index in [1.165, 1.54) is 0 Å². The molecule has 1 aromatic carbocycles. The molecular weight excluding hydrogens is 316 g/mol. The zero-order chi connectivity index (χ0) is 17.2. The highest BCUT2D eigenvalue weighted by atomic mass is 16.5. The van der Waals surface area contributed by atoms with E-state index < -0.39 is 0 Å². The molecule has 1 aromatic heterocycles. The molecule has 4 rings (SSSR count). The summed E-state index contributed by atoms with van der Waals surface area (Å²) in [5, 5.41) is 0. The maximum absolute atomic E-state index is 12.9. The molecule has 1 aliphatic heterocycles. The van der Waals surface area contributed by atoms with Crippen LogP contribution in [-0.2, 0) is 0 Å². The molecule has 2 aliphatic rings. The summed E-state index contributed by atoms with van der Waals surface area (Å²) in [6.45, 7) is 1.54. The van der Waals surface area contributed by atoms with Crippen molar-refractivity contribution < 1.29 is 14.3 Å². The number of rotatable bonds is 4. The number of carbonyl (C=O) groups is 1. The van der Waals surface area contributed by atoms with Crippen molar-refractivity contribution in [3.8, 4) is 11.5 Å². The van der Waals surface area contributed by atoms with Gasteiger partial charge < -0.3 is 14.4 Å². The Morgan fingerprint density at radius 2 is 2.04 bits per heavy atom. The fraction of sp³-hybridized carbons (Fsp3) is 0.400. The third-order valence-corrected chi connectivity index (χ3v) is 5.34. The maximum Gasteiger partial charge on any atom is 0.257 e. The predicted octanol–water partition coefficient (Wildman–Crippen LogP) is 3.02. The molecule has 1 saturated heterocycles. The van der Waals surface area contributed by atoms with Gasteiger partial charge in [-0.2, -0.15) is 0 Å². The van der Waals surface area contributed by atoms with Gasteiger partial charge in [-0.25, -0.2) is 0 Å². The average Bonchev–Trinajstić information content (AvgIpc) is 3.24. The van der Waals surface area contributed by atoms with Gasteiger partial charge in [-0.15, -0.1) is 0 Å². The number of hydrogen-bond acceptors (Lipinski definition) is 4. The van der Waals surface area contributed by atoms with Gasteiger partial charge in [0.05, 0.1) is 18.9 Å². The van der Waals surface area contributed by atoms with Crippen molar-refractivity contribution in [3.05, 3.63) is 54.4 Å². The van der Waals surface area contributed by atoms with Crippen LogP contribution < -0.4 is 9.47 Å². The first-order valence-corrected chi connectivity index (χ1v) is 8.75. The zero-order valence-electron chi connectivity index (χ0n) is 14.3. The normalized spacial score (nSPS) is 24.8. The number of likely N-dealkylation sites (tertiary alicyclic amines) is 1. The molecule has 1 aliphatic carbocycles. The molecule has 5 nitrogen and oxygen atoms in total. The Hall–Kier alpha value is -2.56. The minimum Gasteiger partial charge on any atom is -0.496 e. The van der Waals surface area contributed by atoms with Crippen LogP contribution in [0, 0.1) is 11.8 Å². The fourth-order valence-electron chi connectivity index (χ4n) is 4.11. The number of benzene rings is 1. The van der Waals surface area contributed by atoms with Crippen LogP contribution in [0.2, 0.25) is 0 Å². The molecule has 0 N–H and O–H groups in total. The standard InChI is InChI=1S/C20H22N2O3/c1-24-18-7-3-2-6-16(18)20(23)22-12-14-8-9-19(17(14)13-22)25-15-5-4-10-21-11-15/h2-7,10-11,14,17,19H,8-9,12-13H2,1H3/t14-,17+,19+/m1/s1. The Bertz CT molecular complexity index is 750.